The first-order valence-corrected chi connectivity index (χ1v) is 27.0. The minimum absolute atomic E-state index is 0.220. The summed E-state index contributed by atoms with van der Waals surface area (Å²) in [6.07, 6.45) is 0. The molecule has 3 heteroatoms. The fourth-order valence-electron chi connectivity index (χ4n) is 12.4. The van der Waals surface area contributed by atoms with Gasteiger partial charge in [0, 0.05) is 37.3 Å². The fourth-order valence-corrected chi connectivity index (χ4v) is 13.4. The van der Waals surface area contributed by atoms with Crippen LogP contribution in [0.5, 0.6) is 0 Å². The standard InChI is InChI=1S/C72H54N2S/c1-71(2)61-27-15-17-29-66(61)74-67-30-18-16-28-62(67)72(3,4)64-46-51(45-63(71)70(64)74)54-39-40-58(56-24-12-11-23-55(54)56)59-41-42-65(60-26-14-13-25-57(59)60)73(52-35-31-48(32-36-52)47-19-7-5-8-20-47)53-37-33-50(34-38-53)69-44-43-68(75-69)49-21-9-6-10-22-49/h5-46H,1-4H3. The van der Waals surface area contributed by atoms with Gasteiger partial charge in [-0.05, 0) is 150 Å². The van der Waals surface area contributed by atoms with Crippen LogP contribution < -0.4 is 9.80 Å². The molecule has 1 aromatic heterocycles. The van der Waals surface area contributed by atoms with Crippen LogP contribution in [-0.4, -0.2) is 0 Å². The lowest BCUT2D eigenvalue weighted by atomic mass is 9.65. The zero-order valence-electron chi connectivity index (χ0n) is 42.6. The first-order valence-electron chi connectivity index (χ1n) is 26.2. The highest BCUT2D eigenvalue weighted by molar-refractivity contribution is 7.18. The molecule has 2 aliphatic heterocycles. The van der Waals surface area contributed by atoms with E-state index < -0.39 is 0 Å². The van der Waals surface area contributed by atoms with Crippen LogP contribution in [-0.2, 0) is 10.8 Å². The summed E-state index contributed by atoms with van der Waals surface area (Å²) in [5.41, 5.74) is 22.0. The van der Waals surface area contributed by atoms with Gasteiger partial charge in [0.2, 0.25) is 0 Å². The van der Waals surface area contributed by atoms with Crippen molar-refractivity contribution in [3.63, 3.8) is 0 Å². The number of hydrogen-bond acceptors (Lipinski definition) is 3. The highest BCUT2D eigenvalue weighted by Gasteiger charge is 2.45. The molecule has 0 atom stereocenters. The molecule has 75 heavy (non-hydrogen) atoms. The van der Waals surface area contributed by atoms with E-state index in [1.807, 2.05) is 11.3 Å². The van der Waals surface area contributed by atoms with Gasteiger partial charge in [0.1, 0.15) is 0 Å². The summed E-state index contributed by atoms with van der Waals surface area (Å²) >= 11 is 1.84. The smallest absolute Gasteiger partial charge is 0.0544 e. The van der Waals surface area contributed by atoms with Gasteiger partial charge in [-0.25, -0.2) is 0 Å². The maximum atomic E-state index is 2.55. The Hall–Kier alpha value is -8.76. The van der Waals surface area contributed by atoms with Crippen LogP contribution in [0.2, 0.25) is 0 Å². The van der Waals surface area contributed by atoms with Crippen molar-refractivity contribution in [2.45, 2.75) is 38.5 Å². The minimum Gasteiger partial charge on any atom is -0.310 e. The van der Waals surface area contributed by atoms with E-state index in [-0.39, 0.29) is 10.8 Å². The molecule has 0 spiro atoms. The van der Waals surface area contributed by atoms with E-state index in [0.717, 1.165) is 17.1 Å². The molecule has 0 aliphatic carbocycles. The van der Waals surface area contributed by atoms with Gasteiger partial charge < -0.3 is 9.80 Å². The molecule has 11 aromatic carbocycles. The summed E-state index contributed by atoms with van der Waals surface area (Å²) in [5.74, 6) is 0. The molecule has 0 fully saturated rings. The van der Waals surface area contributed by atoms with Crippen molar-refractivity contribution in [1.29, 1.82) is 0 Å². The number of nitrogens with zero attached hydrogens (tertiary/aromatic N) is 2. The SMILES string of the molecule is CC1(C)c2ccccc2N2c3ccccc3C(C)(C)c3cc(-c4ccc(-c5ccc(N(c6ccc(-c7ccccc7)cc6)c6ccc(-c7ccc(-c8ccccc8)s7)cc6)c6ccccc56)c5ccccc45)cc1c32. The van der Waals surface area contributed by atoms with Crippen molar-refractivity contribution in [1.82, 2.24) is 0 Å². The Kier molecular flexibility index (Phi) is 10.4. The quantitative estimate of drug-likeness (QED) is 0.150. The second-order valence-corrected chi connectivity index (χ2v) is 22.3. The van der Waals surface area contributed by atoms with Gasteiger partial charge in [0.05, 0.1) is 22.7 Å². The van der Waals surface area contributed by atoms with Crippen LogP contribution in [0, 0.1) is 0 Å². The van der Waals surface area contributed by atoms with Crippen molar-refractivity contribution in [3.05, 3.63) is 277 Å². The van der Waals surface area contributed by atoms with Crippen molar-refractivity contribution in [3.8, 4) is 54.3 Å². The van der Waals surface area contributed by atoms with Gasteiger partial charge in [0.15, 0.2) is 0 Å². The van der Waals surface area contributed by atoms with Crippen LogP contribution in [0.15, 0.2) is 255 Å². The number of hydrogen-bond donors (Lipinski definition) is 0. The average molecular weight is 979 g/mol. The van der Waals surface area contributed by atoms with E-state index in [1.54, 1.807) is 0 Å². The predicted octanol–water partition coefficient (Wildman–Crippen LogP) is 20.6. The number of thiophene rings is 1. The van der Waals surface area contributed by atoms with Gasteiger partial charge in [-0.2, -0.15) is 0 Å². The van der Waals surface area contributed by atoms with E-state index in [2.05, 4.69) is 292 Å². The van der Waals surface area contributed by atoms with E-state index in [9.17, 15) is 0 Å². The zero-order chi connectivity index (χ0) is 50.4. The molecule has 2 aliphatic rings. The molecule has 14 rings (SSSR count). The molecule has 0 amide bonds. The molecule has 0 unspecified atom stereocenters. The Morgan fingerprint density at radius 1 is 0.320 bits per heavy atom. The number of para-hydroxylation sites is 2. The van der Waals surface area contributed by atoms with Crippen LogP contribution in [0.1, 0.15) is 49.9 Å². The normalized spacial score (nSPS) is 13.8. The first kappa shape index (κ1) is 44.9. The lowest BCUT2D eigenvalue weighted by Gasteiger charge is -2.49. The van der Waals surface area contributed by atoms with E-state index in [4.69, 9.17) is 0 Å². The van der Waals surface area contributed by atoms with Gasteiger partial charge in [0.25, 0.3) is 0 Å². The molecular weight excluding hydrogens is 925 g/mol. The average Bonchev–Trinajstić information content (AvgIpc) is 4.08. The van der Waals surface area contributed by atoms with Gasteiger partial charge in [-0.3, -0.25) is 0 Å². The Bertz CT molecular complexity index is 4080. The van der Waals surface area contributed by atoms with E-state index in [0.29, 0.717) is 0 Å². The highest BCUT2D eigenvalue weighted by atomic mass is 32.1. The molecule has 0 N–H and O–H groups in total. The molecule has 3 heterocycles. The highest BCUT2D eigenvalue weighted by Crippen LogP contribution is 2.61. The molecule has 0 saturated carbocycles. The van der Waals surface area contributed by atoms with Crippen LogP contribution in [0.4, 0.5) is 34.1 Å². The van der Waals surface area contributed by atoms with Crippen molar-refractivity contribution in [2.75, 3.05) is 9.80 Å². The topological polar surface area (TPSA) is 6.48 Å². The summed E-state index contributed by atoms with van der Waals surface area (Å²) in [6.45, 7) is 9.65. The molecule has 2 nitrogen and oxygen atoms in total. The summed E-state index contributed by atoms with van der Waals surface area (Å²) in [5, 5.41) is 4.88. The summed E-state index contributed by atoms with van der Waals surface area (Å²) in [4.78, 5) is 7.51. The Balaban J connectivity index is 0.900. The molecule has 0 radical (unpaired) electrons. The molecule has 0 bridgehead atoms. The van der Waals surface area contributed by atoms with E-state index >= 15 is 0 Å². The number of rotatable bonds is 8. The third-order valence-electron chi connectivity index (χ3n) is 16.3. The molecule has 358 valence electrons. The second kappa shape index (κ2) is 17.4. The lowest BCUT2D eigenvalue weighted by Crippen LogP contribution is -2.38. The van der Waals surface area contributed by atoms with Crippen molar-refractivity contribution in [2.24, 2.45) is 0 Å². The number of fused-ring (bicyclic) bond motifs is 6. The summed E-state index contributed by atoms with van der Waals surface area (Å²) in [6, 6.07) is 94.5. The van der Waals surface area contributed by atoms with Crippen molar-refractivity contribution >= 4 is 67.0 Å². The van der Waals surface area contributed by atoms with Gasteiger partial charge in [-0.1, -0.05) is 216 Å². The second-order valence-electron chi connectivity index (χ2n) is 21.2. The van der Waals surface area contributed by atoms with Crippen LogP contribution >= 0.6 is 11.3 Å². The lowest BCUT2D eigenvalue weighted by molar-refractivity contribution is 0.598. The fraction of sp³-hybridized carbons (Fsp3) is 0.0833. The molecule has 0 saturated heterocycles. The predicted molar refractivity (Wildman–Crippen MR) is 320 cm³/mol. The third-order valence-corrected chi connectivity index (χ3v) is 17.5. The zero-order valence-corrected chi connectivity index (χ0v) is 43.4. The molecular formula is C72H54N2S. The third kappa shape index (κ3) is 7.21. The molecule has 12 aromatic rings. The largest absolute Gasteiger partial charge is 0.310 e. The van der Waals surface area contributed by atoms with Crippen LogP contribution in [0.3, 0.4) is 0 Å². The minimum atomic E-state index is -0.220. The van der Waals surface area contributed by atoms with E-state index in [1.165, 1.54) is 115 Å². The Morgan fingerprint density at radius 2 is 0.720 bits per heavy atom. The Morgan fingerprint density at radius 3 is 1.28 bits per heavy atom. The maximum absolute atomic E-state index is 2.55. The monoisotopic (exact) mass is 978 g/mol. The maximum Gasteiger partial charge on any atom is 0.0544 e. The van der Waals surface area contributed by atoms with Crippen molar-refractivity contribution < 1.29 is 0 Å². The number of anilines is 6. The Labute approximate surface area is 444 Å². The summed E-state index contributed by atoms with van der Waals surface area (Å²) in [7, 11) is 0. The number of benzene rings is 11. The summed E-state index contributed by atoms with van der Waals surface area (Å²) < 4.78 is 0. The van der Waals surface area contributed by atoms with Gasteiger partial charge >= 0.3 is 0 Å². The van der Waals surface area contributed by atoms with Crippen LogP contribution in [0.25, 0.3) is 75.8 Å². The first-order chi connectivity index (χ1) is 36.7. The van der Waals surface area contributed by atoms with Gasteiger partial charge in [-0.15, -0.1) is 11.3 Å².